The van der Waals surface area contributed by atoms with E-state index in [-0.39, 0.29) is 0 Å². The molecule has 2 atom stereocenters. The molecule has 1 saturated carbocycles. The fraction of sp³-hybridized carbons (Fsp3) is 1.00. The smallest absolute Gasteiger partial charge is 0.0469 e. The van der Waals surface area contributed by atoms with E-state index in [0.29, 0.717) is 0 Å². The predicted octanol–water partition coefficient (Wildman–Crippen LogP) is 2.83. The van der Waals surface area contributed by atoms with Crippen LogP contribution in [-0.4, -0.2) is 25.8 Å². The van der Waals surface area contributed by atoms with Crippen molar-refractivity contribution in [1.82, 2.24) is 5.32 Å². The largest absolute Gasteiger partial charge is 0.381 e. The minimum atomic E-state index is 0.779. The fourth-order valence-electron chi connectivity index (χ4n) is 3.40. The highest BCUT2D eigenvalue weighted by Crippen LogP contribution is 2.28. The van der Waals surface area contributed by atoms with Crippen LogP contribution >= 0.6 is 0 Å². The zero-order chi connectivity index (χ0) is 11.4. The van der Waals surface area contributed by atoms with Gasteiger partial charge >= 0.3 is 0 Å². The molecule has 0 aromatic heterocycles. The van der Waals surface area contributed by atoms with Gasteiger partial charge in [0.05, 0.1) is 0 Å². The van der Waals surface area contributed by atoms with Crippen LogP contribution in [0.3, 0.4) is 0 Å². The summed E-state index contributed by atoms with van der Waals surface area (Å²) >= 11 is 0. The number of rotatable bonds is 3. The van der Waals surface area contributed by atoms with Crippen molar-refractivity contribution >= 4 is 0 Å². The molecule has 2 aliphatic rings. The Labute approximate surface area is 100 Å². The van der Waals surface area contributed by atoms with Crippen LogP contribution in [0.15, 0.2) is 0 Å². The summed E-state index contributed by atoms with van der Waals surface area (Å²) in [6, 6.07) is 0.779. The highest BCUT2D eigenvalue weighted by Gasteiger charge is 2.24. The van der Waals surface area contributed by atoms with Crippen LogP contribution < -0.4 is 5.32 Å². The average Bonchev–Trinajstić information content (AvgIpc) is 2.27. The van der Waals surface area contributed by atoms with Crippen LogP contribution in [0, 0.1) is 17.8 Å². The van der Waals surface area contributed by atoms with Crippen LogP contribution in [0.25, 0.3) is 0 Å². The minimum Gasteiger partial charge on any atom is -0.381 e. The van der Waals surface area contributed by atoms with E-state index in [9.17, 15) is 0 Å². The first-order valence-corrected chi connectivity index (χ1v) is 7.05. The van der Waals surface area contributed by atoms with Gasteiger partial charge < -0.3 is 10.1 Å². The fourth-order valence-corrected chi connectivity index (χ4v) is 3.40. The summed E-state index contributed by atoms with van der Waals surface area (Å²) in [6.45, 7) is 7.97. The molecular formula is C14H27NO. The molecule has 16 heavy (non-hydrogen) atoms. The molecule has 0 spiro atoms. The summed E-state index contributed by atoms with van der Waals surface area (Å²) in [5.41, 5.74) is 0. The van der Waals surface area contributed by atoms with Gasteiger partial charge in [0.1, 0.15) is 0 Å². The maximum absolute atomic E-state index is 5.40. The first kappa shape index (κ1) is 12.4. The Bertz CT molecular complexity index is 191. The maximum Gasteiger partial charge on any atom is 0.0469 e. The van der Waals surface area contributed by atoms with Gasteiger partial charge in [0.25, 0.3) is 0 Å². The van der Waals surface area contributed by atoms with Gasteiger partial charge in [-0.15, -0.1) is 0 Å². The standard InChI is InChI=1S/C14H27NO/c1-11-7-12(2)9-14(8-11)15-10-13-3-5-16-6-4-13/h11-15H,3-10H2,1-2H3. The third-order valence-electron chi connectivity index (χ3n) is 4.21. The Kier molecular flexibility index (Phi) is 4.66. The van der Waals surface area contributed by atoms with Crippen molar-refractivity contribution in [1.29, 1.82) is 0 Å². The normalized spacial score (nSPS) is 37.5. The molecule has 2 rings (SSSR count). The first-order chi connectivity index (χ1) is 7.74. The van der Waals surface area contributed by atoms with E-state index < -0.39 is 0 Å². The summed E-state index contributed by atoms with van der Waals surface area (Å²) in [4.78, 5) is 0. The molecule has 0 bridgehead atoms. The Hall–Kier alpha value is -0.0800. The van der Waals surface area contributed by atoms with Crippen LogP contribution in [0.5, 0.6) is 0 Å². The zero-order valence-electron chi connectivity index (χ0n) is 10.9. The Balaban J connectivity index is 1.68. The van der Waals surface area contributed by atoms with Crippen molar-refractivity contribution in [3.05, 3.63) is 0 Å². The van der Waals surface area contributed by atoms with E-state index in [4.69, 9.17) is 4.74 Å². The van der Waals surface area contributed by atoms with Crippen LogP contribution in [0.2, 0.25) is 0 Å². The highest BCUT2D eigenvalue weighted by molar-refractivity contribution is 4.80. The van der Waals surface area contributed by atoms with E-state index >= 15 is 0 Å². The van der Waals surface area contributed by atoms with Gasteiger partial charge in [0.2, 0.25) is 0 Å². The Morgan fingerprint density at radius 2 is 1.62 bits per heavy atom. The van der Waals surface area contributed by atoms with Crippen LogP contribution in [-0.2, 0) is 4.74 Å². The van der Waals surface area contributed by atoms with Crippen LogP contribution in [0.1, 0.15) is 46.0 Å². The maximum atomic E-state index is 5.40. The molecule has 2 unspecified atom stereocenters. The van der Waals surface area contributed by atoms with Crippen molar-refractivity contribution in [3.63, 3.8) is 0 Å². The lowest BCUT2D eigenvalue weighted by molar-refractivity contribution is 0.0642. The van der Waals surface area contributed by atoms with E-state index in [0.717, 1.165) is 37.0 Å². The molecule has 0 aromatic carbocycles. The van der Waals surface area contributed by atoms with E-state index in [2.05, 4.69) is 19.2 Å². The molecule has 1 N–H and O–H groups in total. The van der Waals surface area contributed by atoms with E-state index in [1.807, 2.05) is 0 Å². The van der Waals surface area contributed by atoms with E-state index in [1.165, 1.54) is 38.6 Å². The summed E-state index contributed by atoms with van der Waals surface area (Å²) in [7, 11) is 0. The van der Waals surface area contributed by atoms with Crippen LogP contribution in [0.4, 0.5) is 0 Å². The number of hydrogen-bond acceptors (Lipinski definition) is 2. The molecule has 2 heteroatoms. The van der Waals surface area contributed by atoms with Crippen molar-refractivity contribution in [2.75, 3.05) is 19.8 Å². The molecule has 2 nitrogen and oxygen atoms in total. The summed E-state index contributed by atoms with van der Waals surface area (Å²) in [5, 5.41) is 3.80. The second-order valence-electron chi connectivity index (χ2n) is 6.08. The molecular weight excluding hydrogens is 198 g/mol. The third kappa shape index (κ3) is 3.74. The molecule has 2 fully saturated rings. The van der Waals surface area contributed by atoms with Crippen molar-refractivity contribution in [2.24, 2.45) is 17.8 Å². The minimum absolute atomic E-state index is 0.779. The summed E-state index contributed by atoms with van der Waals surface area (Å²) in [5.74, 6) is 2.69. The van der Waals surface area contributed by atoms with Gasteiger partial charge in [0, 0.05) is 19.3 Å². The monoisotopic (exact) mass is 225 g/mol. The Morgan fingerprint density at radius 1 is 1.00 bits per heavy atom. The molecule has 0 radical (unpaired) electrons. The van der Waals surface area contributed by atoms with E-state index in [1.54, 1.807) is 0 Å². The van der Waals surface area contributed by atoms with Crippen molar-refractivity contribution in [3.8, 4) is 0 Å². The summed E-state index contributed by atoms with van der Waals surface area (Å²) in [6.07, 6.45) is 6.70. The van der Waals surface area contributed by atoms with Crippen molar-refractivity contribution in [2.45, 2.75) is 52.0 Å². The lowest BCUT2D eigenvalue weighted by atomic mass is 9.80. The lowest BCUT2D eigenvalue weighted by Crippen LogP contribution is -2.39. The second kappa shape index (κ2) is 6.02. The number of ether oxygens (including phenoxy) is 1. The van der Waals surface area contributed by atoms with Crippen molar-refractivity contribution < 1.29 is 4.74 Å². The van der Waals surface area contributed by atoms with Gasteiger partial charge in [-0.1, -0.05) is 13.8 Å². The molecule has 1 aliphatic heterocycles. The molecule has 1 aliphatic carbocycles. The third-order valence-corrected chi connectivity index (χ3v) is 4.21. The van der Waals surface area contributed by atoms with Gasteiger partial charge in [-0.3, -0.25) is 0 Å². The lowest BCUT2D eigenvalue weighted by Gasteiger charge is -2.33. The topological polar surface area (TPSA) is 21.3 Å². The molecule has 94 valence electrons. The quantitative estimate of drug-likeness (QED) is 0.797. The Morgan fingerprint density at radius 3 is 2.25 bits per heavy atom. The SMILES string of the molecule is CC1CC(C)CC(NCC2CCOCC2)C1. The molecule has 1 heterocycles. The second-order valence-corrected chi connectivity index (χ2v) is 6.08. The zero-order valence-corrected chi connectivity index (χ0v) is 10.9. The number of hydrogen-bond donors (Lipinski definition) is 1. The molecule has 0 amide bonds. The summed E-state index contributed by atoms with van der Waals surface area (Å²) < 4.78 is 5.40. The average molecular weight is 225 g/mol. The van der Waals surface area contributed by atoms with Gasteiger partial charge in [-0.25, -0.2) is 0 Å². The van der Waals surface area contributed by atoms with Gasteiger partial charge in [-0.2, -0.15) is 0 Å². The molecule has 1 saturated heterocycles. The predicted molar refractivity (Wildman–Crippen MR) is 67.5 cm³/mol. The van der Waals surface area contributed by atoms with Gasteiger partial charge in [0.15, 0.2) is 0 Å². The number of nitrogens with one attached hydrogen (secondary N) is 1. The molecule has 0 aromatic rings. The van der Waals surface area contributed by atoms with Gasteiger partial charge in [-0.05, 0) is 56.4 Å². The highest BCUT2D eigenvalue weighted by atomic mass is 16.5. The first-order valence-electron chi connectivity index (χ1n) is 7.05.